The van der Waals surface area contributed by atoms with Gasteiger partial charge in [0, 0.05) is 24.3 Å². The zero-order chi connectivity index (χ0) is 15.4. The molecule has 4 nitrogen and oxygen atoms in total. The van der Waals surface area contributed by atoms with Gasteiger partial charge in [0.15, 0.2) is 0 Å². The van der Waals surface area contributed by atoms with Crippen LogP contribution in [0.2, 0.25) is 0 Å². The molecule has 3 unspecified atom stereocenters. The largest absolute Gasteiger partial charge is 0.344 e. The van der Waals surface area contributed by atoms with Gasteiger partial charge in [0.25, 0.3) is 0 Å². The van der Waals surface area contributed by atoms with Crippen molar-refractivity contribution >= 4 is 23.6 Å². The van der Waals surface area contributed by atoms with Crippen molar-refractivity contribution in [3.05, 3.63) is 0 Å². The first kappa shape index (κ1) is 16.7. The average molecular weight is 312 g/mol. The Hall–Kier alpha value is -0.710. The summed E-state index contributed by atoms with van der Waals surface area (Å²) >= 11 is 2.00. The highest BCUT2D eigenvalue weighted by molar-refractivity contribution is 7.99. The molecule has 0 bridgehead atoms. The highest BCUT2D eigenvalue weighted by Crippen LogP contribution is 2.33. The first-order valence-electron chi connectivity index (χ1n) is 8.22. The van der Waals surface area contributed by atoms with Crippen molar-refractivity contribution in [3.8, 4) is 0 Å². The van der Waals surface area contributed by atoms with Crippen molar-refractivity contribution in [3.63, 3.8) is 0 Å². The SMILES string of the molecule is CCSC1CCC(N2CCC(=O)NC(CC(C)C)C2=O)C1. The highest BCUT2D eigenvalue weighted by Gasteiger charge is 2.37. The second-order valence-electron chi connectivity index (χ2n) is 6.58. The van der Waals surface area contributed by atoms with Gasteiger partial charge >= 0.3 is 0 Å². The summed E-state index contributed by atoms with van der Waals surface area (Å²) in [4.78, 5) is 26.6. The Morgan fingerprint density at radius 1 is 1.33 bits per heavy atom. The van der Waals surface area contributed by atoms with Gasteiger partial charge in [-0.25, -0.2) is 0 Å². The van der Waals surface area contributed by atoms with Crippen molar-refractivity contribution < 1.29 is 9.59 Å². The molecule has 1 saturated carbocycles. The monoisotopic (exact) mass is 312 g/mol. The van der Waals surface area contributed by atoms with Gasteiger partial charge in [-0.3, -0.25) is 9.59 Å². The summed E-state index contributed by atoms with van der Waals surface area (Å²) in [5.74, 6) is 1.71. The third-order valence-corrected chi connectivity index (χ3v) is 5.64. The van der Waals surface area contributed by atoms with Gasteiger partial charge in [-0.2, -0.15) is 11.8 Å². The van der Waals surface area contributed by atoms with Crippen LogP contribution in [0.1, 0.15) is 52.9 Å². The predicted molar refractivity (Wildman–Crippen MR) is 87.3 cm³/mol. The van der Waals surface area contributed by atoms with Crippen molar-refractivity contribution in [2.24, 2.45) is 5.92 Å². The number of rotatable bonds is 5. The van der Waals surface area contributed by atoms with Gasteiger partial charge < -0.3 is 10.2 Å². The third kappa shape index (κ3) is 4.38. The lowest BCUT2D eigenvalue weighted by molar-refractivity contribution is -0.135. The number of carbonyl (C=O) groups excluding carboxylic acids is 2. The number of carbonyl (C=O) groups is 2. The zero-order valence-corrected chi connectivity index (χ0v) is 14.2. The highest BCUT2D eigenvalue weighted by atomic mass is 32.2. The molecule has 0 aromatic heterocycles. The Balaban J connectivity index is 2.04. The van der Waals surface area contributed by atoms with E-state index in [-0.39, 0.29) is 17.9 Å². The van der Waals surface area contributed by atoms with Crippen LogP contribution in [0.15, 0.2) is 0 Å². The van der Waals surface area contributed by atoms with Crippen LogP contribution in [0.5, 0.6) is 0 Å². The molecule has 5 heteroatoms. The summed E-state index contributed by atoms with van der Waals surface area (Å²) in [6.45, 7) is 6.97. The molecule has 1 saturated heterocycles. The molecule has 1 aliphatic carbocycles. The molecule has 21 heavy (non-hydrogen) atoms. The number of amides is 2. The Morgan fingerprint density at radius 3 is 2.76 bits per heavy atom. The number of thioether (sulfide) groups is 1. The number of hydrogen-bond donors (Lipinski definition) is 1. The number of hydrogen-bond acceptors (Lipinski definition) is 3. The summed E-state index contributed by atoms with van der Waals surface area (Å²) in [7, 11) is 0. The molecule has 2 amide bonds. The van der Waals surface area contributed by atoms with Crippen LogP contribution in [-0.4, -0.2) is 46.3 Å². The topological polar surface area (TPSA) is 49.4 Å². The minimum Gasteiger partial charge on any atom is -0.344 e. The maximum atomic E-state index is 12.8. The van der Waals surface area contributed by atoms with Crippen LogP contribution in [0.3, 0.4) is 0 Å². The smallest absolute Gasteiger partial charge is 0.245 e. The van der Waals surface area contributed by atoms with Gasteiger partial charge in [-0.05, 0) is 37.4 Å². The van der Waals surface area contributed by atoms with Gasteiger partial charge in [0.05, 0.1) is 0 Å². The van der Waals surface area contributed by atoms with Crippen LogP contribution in [0.25, 0.3) is 0 Å². The van der Waals surface area contributed by atoms with E-state index in [1.54, 1.807) is 0 Å². The summed E-state index contributed by atoms with van der Waals surface area (Å²) in [5, 5.41) is 3.60. The summed E-state index contributed by atoms with van der Waals surface area (Å²) in [6, 6.07) is 0.0155. The van der Waals surface area contributed by atoms with Crippen molar-refractivity contribution in [1.29, 1.82) is 0 Å². The minimum atomic E-state index is -0.321. The molecule has 0 aromatic carbocycles. The van der Waals surface area contributed by atoms with E-state index in [1.165, 1.54) is 6.42 Å². The summed E-state index contributed by atoms with van der Waals surface area (Å²) < 4.78 is 0. The fourth-order valence-electron chi connectivity index (χ4n) is 3.44. The predicted octanol–water partition coefficient (Wildman–Crippen LogP) is 2.42. The van der Waals surface area contributed by atoms with Gasteiger partial charge in [0.2, 0.25) is 11.8 Å². The van der Waals surface area contributed by atoms with Crippen LogP contribution in [-0.2, 0) is 9.59 Å². The molecule has 1 heterocycles. The first-order valence-corrected chi connectivity index (χ1v) is 9.27. The number of nitrogens with one attached hydrogen (secondary N) is 1. The van der Waals surface area contributed by atoms with Crippen molar-refractivity contribution in [2.75, 3.05) is 12.3 Å². The van der Waals surface area contributed by atoms with Crippen LogP contribution in [0.4, 0.5) is 0 Å². The van der Waals surface area contributed by atoms with E-state index in [0.29, 0.717) is 30.2 Å². The maximum Gasteiger partial charge on any atom is 0.245 e. The second kappa shape index (κ2) is 7.52. The molecule has 1 N–H and O–H groups in total. The molecule has 3 atom stereocenters. The van der Waals surface area contributed by atoms with Crippen molar-refractivity contribution in [2.45, 2.75) is 70.2 Å². The van der Waals surface area contributed by atoms with E-state index in [2.05, 4.69) is 26.1 Å². The Bertz CT molecular complexity index is 386. The van der Waals surface area contributed by atoms with E-state index < -0.39 is 0 Å². The molecular formula is C16H28N2O2S. The Morgan fingerprint density at radius 2 is 2.10 bits per heavy atom. The molecule has 0 aromatic rings. The molecule has 120 valence electrons. The molecule has 0 spiro atoms. The van der Waals surface area contributed by atoms with Crippen LogP contribution >= 0.6 is 11.8 Å². The fraction of sp³-hybridized carbons (Fsp3) is 0.875. The quantitative estimate of drug-likeness (QED) is 0.848. The normalized spacial score (nSPS) is 30.7. The average Bonchev–Trinajstić information content (AvgIpc) is 2.81. The van der Waals surface area contributed by atoms with E-state index in [9.17, 15) is 9.59 Å². The lowest BCUT2D eigenvalue weighted by atomic mass is 10.0. The molecular weight excluding hydrogens is 284 g/mol. The van der Waals surface area contributed by atoms with Crippen molar-refractivity contribution in [1.82, 2.24) is 10.2 Å². The zero-order valence-electron chi connectivity index (χ0n) is 13.4. The second-order valence-corrected chi connectivity index (χ2v) is 8.15. The molecule has 0 radical (unpaired) electrons. The van der Waals surface area contributed by atoms with E-state index in [0.717, 1.165) is 25.0 Å². The Kier molecular flexibility index (Phi) is 5.97. The lowest BCUT2D eigenvalue weighted by Gasteiger charge is -2.30. The van der Waals surface area contributed by atoms with E-state index >= 15 is 0 Å². The molecule has 2 aliphatic rings. The number of nitrogens with zero attached hydrogens (tertiary/aromatic N) is 1. The first-order chi connectivity index (χ1) is 10.0. The van der Waals surface area contributed by atoms with Crippen LogP contribution in [0, 0.1) is 5.92 Å². The van der Waals surface area contributed by atoms with Crippen LogP contribution < -0.4 is 5.32 Å². The Labute approximate surface area is 132 Å². The third-order valence-electron chi connectivity index (χ3n) is 4.40. The van der Waals surface area contributed by atoms with E-state index in [1.807, 2.05) is 16.7 Å². The molecule has 2 fully saturated rings. The van der Waals surface area contributed by atoms with E-state index in [4.69, 9.17) is 0 Å². The molecule has 1 aliphatic heterocycles. The molecule has 2 rings (SSSR count). The van der Waals surface area contributed by atoms with Gasteiger partial charge in [-0.1, -0.05) is 20.8 Å². The maximum absolute atomic E-state index is 12.8. The standard InChI is InChI=1S/C16H28N2O2S/c1-4-21-13-6-5-12(10-13)18-8-7-15(19)17-14(16(18)20)9-11(2)3/h11-14H,4-10H2,1-3H3,(H,17,19). The summed E-state index contributed by atoms with van der Waals surface area (Å²) in [6.07, 6.45) is 4.56. The van der Waals surface area contributed by atoms with Gasteiger partial charge in [0.1, 0.15) is 6.04 Å². The summed E-state index contributed by atoms with van der Waals surface area (Å²) in [5.41, 5.74) is 0. The fourth-order valence-corrected chi connectivity index (χ4v) is 4.57. The minimum absolute atomic E-state index is 0.0222. The lowest BCUT2D eigenvalue weighted by Crippen LogP contribution is -2.48. The van der Waals surface area contributed by atoms with Gasteiger partial charge in [-0.15, -0.1) is 0 Å².